The van der Waals surface area contributed by atoms with E-state index < -0.39 is 22.5 Å². The van der Waals surface area contributed by atoms with Crippen molar-refractivity contribution < 1.29 is 13.2 Å². The van der Waals surface area contributed by atoms with E-state index in [1.54, 1.807) is 30.3 Å². The number of aryl methyl sites for hydroxylation is 3. The third-order valence-corrected chi connectivity index (χ3v) is 7.10. The van der Waals surface area contributed by atoms with E-state index in [4.69, 9.17) is 0 Å². The van der Waals surface area contributed by atoms with Crippen molar-refractivity contribution in [2.75, 3.05) is 29.8 Å². The van der Waals surface area contributed by atoms with Crippen LogP contribution in [0.25, 0.3) is 0 Å². The summed E-state index contributed by atoms with van der Waals surface area (Å²) in [5, 5.41) is 4.01. The molecule has 3 aromatic rings. The highest BCUT2D eigenvalue weighted by Gasteiger charge is 2.28. The maximum absolute atomic E-state index is 13.5. The third-order valence-electron chi connectivity index (χ3n) is 5.33. The van der Waals surface area contributed by atoms with Gasteiger partial charge >= 0.3 is 0 Å². The third kappa shape index (κ3) is 6.02. The predicted molar refractivity (Wildman–Crippen MR) is 138 cm³/mol. The fraction of sp³-hybridized carbons (Fsp3) is 0.231. The molecule has 0 fully saturated rings. The highest BCUT2D eigenvalue weighted by Crippen LogP contribution is 2.27. The number of carbonyl (C=O) groups is 1. The number of rotatable bonds is 8. The number of carbonyl (C=O) groups excluding carboxylic acids is 1. The molecular formula is C26H30N4O3S. The minimum Gasteiger partial charge on any atom is -0.378 e. The molecule has 0 aliphatic carbocycles. The van der Waals surface area contributed by atoms with Gasteiger partial charge < -0.3 is 4.90 Å². The zero-order valence-corrected chi connectivity index (χ0v) is 20.9. The number of anilines is 2. The van der Waals surface area contributed by atoms with Crippen molar-refractivity contribution >= 4 is 33.5 Å². The maximum atomic E-state index is 13.5. The molecule has 0 aliphatic rings. The Morgan fingerprint density at radius 1 is 0.912 bits per heavy atom. The van der Waals surface area contributed by atoms with E-state index in [-0.39, 0.29) is 4.90 Å². The van der Waals surface area contributed by atoms with Crippen LogP contribution in [0, 0.1) is 20.8 Å². The first-order valence-corrected chi connectivity index (χ1v) is 12.3. The first kappa shape index (κ1) is 25.0. The zero-order chi connectivity index (χ0) is 24.9. The lowest BCUT2D eigenvalue weighted by atomic mass is 10.1. The molecule has 0 bridgehead atoms. The average molecular weight is 479 g/mol. The molecule has 0 atom stereocenters. The number of hydrogen-bond acceptors (Lipinski definition) is 5. The summed E-state index contributed by atoms with van der Waals surface area (Å²) in [4.78, 5) is 14.8. The van der Waals surface area contributed by atoms with Crippen LogP contribution >= 0.6 is 0 Å². The number of amides is 1. The van der Waals surface area contributed by atoms with E-state index in [2.05, 4.69) is 10.5 Å². The molecular weight excluding hydrogens is 448 g/mol. The summed E-state index contributed by atoms with van der Waals surface area (Å²) in [5.41, 5.74) is 7.46. The predicted octanol–water partition coefficient (Wildman–Crippen LogP) is 4.02. The topological polar surface area (TPSA) is 82.1 Å². The molecule has 8 heteroatoms. The van der Waals surface area contributed by atoms with Crippen LogP contribution in [0.5, 0.6) is 0 Å². The van der Waals surface area contributed by atoms with E-state index in [0.29, 0.717) is 5.69 Å². The Labute approximate surface area is 201 Å². The number of nitrogens with one attached hydrogen (secondary N) is 1. The van der Waals surface area contributed by atoms with Crippen LogP contribution in [0.4, 0.5) is 11.4 Å². The van der Waals surface area contributed by atoms with Crippen molar-refractivity contribution in [3.8, 4) is 0 Å². The molecule has 0 saturated heterocycles. The first-order chi connectivity index (χ1) is 16.1. The lowest BCUT2D eigenvalue weighted by Gasteiger charge is -2.25. The number of hydrogen-bond donors (Lipinski definition) is 1. The molecule has 1 amide bonds. The molecule has 34 heavy (non-hydrogen) atoms. The van der Waals surface area contributed by atoms with Crippen LogP contribution in [-0.4, -0.2) is 41.2 Å². The van der Waals surface area contributed by atoms with E-state index in [1.807, 2.05) is 76.2 Å². The van der Waals surface area contributed by atoms with Crippen LogP contribution < -0.4 is 14.6 Å². The quantitative estimate of drug-likeness (QED) is 0.392. The SMILES string of the molecule is Cc1ccc(S(=O)(=O)N(CC(=O)N/N=C\c2ccc(N(C)C)cc2)c2ccc(C)cc2C)cc1. The fourth-order valence-electron chi connectivity index (χ4n) is 3.43. The summed E-state index contributed by atoms with van der Waals surface area (Å²) in [6, 6.07) is 19.7. The van der Waals surface area contributed by atoms with Gasteiger partial charge in [0.05, 0.1) is 16.8 Å². The standard InChI is InChI=1S/C26H30N4O3S/c1-19-6-13-24(14-7-19)34(32,33)30(25-15-8-20(2)16-21(25)3)18-26(31)28-27-17-22-9-11-23(12-10-22)29(4)5/h6-17H,18H2,1-5H3,(H,28,31)/b27-17-. The summed E-state index contributed by atoms with van der Waals surface area (Å²) < 4.78 is 28.1. The molecule has 3 aromatic carbocycles. The van der Waals surface area contributed by atoms with Crippen LogP contribution in [0.3, 0.4) is 0 Å². The minimum absolute atomic E-state index is 0.121. The Kier molecular flexibility index (Phi) is 7.73. The number of sulfonamides is 1. The van der Waals surface area contributed by atoms with E-state index in [1.165, 1.54) is 6.21 Å². The van der Waals surface area contributed by atoms with Gasteiger partial charge in [0.25, 0.3) is 15.9 Å². The second-order valence-electron chi connectivity index (χ2n) is 8.39. The molecule has 7 nitrogen and oxygen atoms in total. The Hall–Kier alpha value is -3.65. The minimum atomic E-state index is -3.98. The Morgan fingerprint density at radius 2 is 1.53 bits per heavy atom. The largest absolute Gasteiger partial charge is 0.378 e. The molecule has 0 radical (unpaired) electrons. The fourth-order valence-corrected chi connectivity index (χ4v) is 4.91. The van der Waals surface area contributed by atoms with Crippen molar-refractivity contribution in [1.82, 2.24) is 5.43 Å². The molecule has 0 aliphatic heterocycles. The Balaban J connectivity index is 1.83. The van der Waals surface area contributed by atoms with Gasteiger partial charge in [0.2, 0.25) is 0 Å². The van der Waals surface area contributed by atoms with Crippen molar-refractivity contribution in [3.63, 3.8) is 0 Å². The van der Waals surface area contributed by atoms with E-state index in [0.717, 1.165) is 32.2 Å². The maximum Gasteiger partial charge on any atom is 0.264 e. The van der Waals surface area contributed by atoms with Crippen LogP contribution in [0.2, 0.25) is 0 Å². The van der Waals surface area contributed by atoms with Crippen LogP contribution in [0.1, 0.15) is 22.3 Å². The smallest absolute Gasteiger partial charge is 0.264 e. The monoisotopic (exact) mass is 478 g/mol. The molecule has 0 spiro atoms. The second-order valence-corrected chi connectivity index (χ2v) is 10.3. The van der Waals surface area contributed by atoms with Gasteiger partial charge in [-0.25, -0.2) is 13.8 Å². The zero-order valence-electron chi connectivity index (χ0n) is 20.1. The Bertz CT molecular complexity index is 1280. The van der Waals surface area contributed by atoms with Gasteiger partial charge in [0.15, 0.2) is 0 Å². The summed E-state index contributed by atoms with van der Waals surface area (Å²) in [5.74, 6) is -0.545. The Morgan fingerprint density at radius 3 is 2.12 bits per heavy atom. The molecule has 0 saturated carbocycles. The lowest BCUT2D eigenvalue weighted by Crippen LogP contribution is -2.40. The van der Waals surface area contributed by atoms with Gasteiger partial charge in [-0.15, -0.1) is 0 Å². The van der Waals surface area contributed by atoms with Gasteiger partial charge in [-0.3, -0.25) is 9.10 Å². The van der Waals surface area contributed by atoms with Crippen LogP contribution in [0.15, 0.2) is 76.7 Å². The van der Waals surface area contributed by atoms with Crippen molar-refractivity contribution in [3.05, 3.63) is 89.0 Å². The summed E-state index contributed by atoms with van der Waals surface area (Å²) >= 11 is 0. The molecule has 178 valence electrons. The van der Waals surface area contributed by atoms with Crippen LogP contribution in [-0.2, 0) is 14.8 Å². The van der Waals surface area contributed by atoms with E-state index in [9.17, 15) is 13.2 Å². The van der Waals surface area contributed by atoms with E-state index >= 15 is 0 Å². The van der Waals surface area contributed by atoms with Crippen molar-refractivity contribution in [2.24, 2.45) is 5.10 Å². The molecule has 0 heterocycles. The molecule has 1 N–H and O–H groups in total. The van der Waals surface area contributed by atoms with Crippen molar-refractivity contribution in [2.45, 2.75) is 25.7 Å². The van der Waals surface area contributed by atoms with Crippen molar-refractivity contribution in [1.29, 1.82) is 0 Å². The first-order valence-electron chi connectivity index (χ1n) is 10.8. The van der Waals surface area contributed by atoms with Gasteiger partial charge in [0.1, 0.15) is 6.54 Å². The summed E-state index contributed by atoms with van der Waals surface area (Å²) in [7, 11) is -0.0677. The van der Waals surface area contributed by atoms with Gasteiger partial charge in [0, 0.05) is 19.8 Å². The lowest BCUT2D eigenvalue weighted by molar-refractivity contribution is -0.119. The molecule has 0 aromatic heterocycles. The summed E-state index contributed by atoms with van der Waals surface area (Å²) in [6.45, 7) is 5.24. The highest BCUT2D eigenvalue weighted by molar-refractivity contribution is 7.92. The molecule has 0 unspecified atom stereocenters. The summed E-state index contributed by atoms with van der Waals surface area (Å²) in [6.07, 6.45) is 1.52. The molecule has 3 rings (SSSR count). The number of nitrogens with zero attached hydrogens (tertiary/aromatic N) is 3. The van der Waals surface area contributed by atoms with Gasteiger partial charge in [-0.2, -0.15) is 5.10 Å². The number of benzene rings is 3. The number of hydrazone groups is 1. The average Bonchev–Trinajstić information content (AvgIpc) is 2.78. The van der Waals surface area contributed by atoms with Gasteiger partial charge in [-0.05, 0) is 62.2 Å². The highest BCUT2D eigenvalue weighted by atomic mass is 32.2. The van der Waals surface area contributed by atoms with Gasteiger partial charge in [-0.1, -0.05) is 47.5 Å². The second kappa shape index (κ2) is 10.5. The normalized spacial score (nSPS) is 11.4.